The molecule has 1 aliphatic rings. The highest BCUT2D eigenvalue weighted by Crippen LogP contribution is 2.39. The highest BCUT2D eigenvalue weighted by molar-refractivity contribution is 5.89. The van der Waals surface area contributed by atoms with Crippen molar-refractivity contribution in [1.29, 1.82) is 0 Å². The van der Waals surface area contributed by atoms with Crippen molar-refractivity contribution >= 4 is 5.97 Å². The van der Waals surface area contributed by atoms with E-state index in [2.05, 4.69) is 0 Å². The SMILES string of the molecule is COC(=O)c1ccc(OC)c(C2CCCC2)c1. The summed E-state index contributed by atoms with van der Waals surface area (Å²) in [6, 6.07) is 5.53. The molecule has 0 aromatic heterocycles. The molecule has 1 saturated carbocycles. The third-order valence-electron chi connectivity index (χ3n) is 3.45. The molecular formula is C14H18O3. The highest BCUT2D eigenvalue weighted by Gasteiger charge is 2.22. The first-order chi connectivity index (χ1) is 8.26. The molecule has 17 heavy (non-hydrogen) atoms. The van der Waals surface area contributed by atoms with Crippen LogP contribution in [0.3, 0.4) is 0 Å². The Labute approximate surface area is 102 Å². The molecule has 0 saturated heterocycles. The fourth-order valence-corrected chi connectivity index (χ4v) is 2.54. The molecule has 0 N–H and O–H groups in total. The van der Waals surface area contributed by atoms with E-state index in [9.17, 15) is 4.79 Å². The minimum atomic E-state index is -0.285. The van der Waals surface area contributed by atoms with Gasteiger partial charge in [0.15, 0.2) is 0 Å². The first-order valence-electron chi connectivity index (χ1n) is 6.02. The molecule has 2 rings (SSSR count). The van der Waals surface area contributed by atoms with Gasteiger partial charge in [-0.3, -0.25) is 0 Å². The zero-order chi connectivity index (χ0) is 12.3. The van der Waals surface area contributed by atoms with Crippen LogP contribution in [0.5, 0.6) is 5.75 Å². The topological polar surface area (TPSA) is 35.5 Å². The number of esters is 1. The van der Waals surface area contributed by atoms with E-state index in [-0.39, 0.29) is 5.97 Å². The first-order valence-corrected chi connectivity index (χ1v) is 6.02. The van der Waals surface area contributed by atoms with Crippen molar-refractivity contribution in [2.24, 2.45) is 0 Å². The van der Waals surface area contributed by atoms with Crippen molar-refractivity contribution in [1.82, 2.24) is 0 Å². The van der Waals surface area contributed by atoms with Crippen LogP contribution < -0.4 is 4.74 Å². The second-order valence-corrected chi connectivity index (χ2v) is 4.43. The van der Waals surface area contributed by atoms with Crippen LogP contribution in [0.15, 0.2) is 18.2 Å². The van der Waals surface area contributed by atoms with E-state index in [0.717, 1.165) is 11.3 Å². The average molecular weight is 234 g/mol. The summed E-state index contributed by atoms with van der Waals surface area (Å²) >= 11 is 0. The number of carbonyl (C=O) groups is 1. The predicted octanol–water partition coefficient (Wildman–Crippen LogP) is 3.14. The van der Waals surface area contributed by atoms with E-state index in [1.807, 2.05) is 12.1 Å². The van der Waals surface area contributed by atoms with Crippen LogP contribution in [-0.4, -0.2) is 20.2 Å². The quantitative estimate of drug-likeness (QED) is 0.754. The largest absolute Gasteiger partial charge is 0.496 e. The standard InChI is InChI=1S/C14H18O3/c1-16-13-8-7-11(14(15)17-2)9-12(13)10-5-3-4-6-10/h7-10H,3-6H2,1-2H3. The minimum absolute atomic E-state index is 0.285. The molecule has 1 aromatic carbocycles. The molecule has 0 aliphatic heterocycles. The predicted molar refractivity (Wildman–Crippen MR) is 65.5 cm³/mol. The Morgan fingerprint density at radius 3 is 2.53 bits per heavy atom. The highest BCUT2D eigenvalue weighted by atomic mass is 16.5. The summed E-state index contributed by atoms with van der Waals surface area (Å²) in [5, 5.41) is 0. The van der Waals surface area contributed by atoms with Crippen molar-refractivity contribution in [3.63, 3.8) is 0 Å². The zero-order valence-electron chi connectivity index (χ0n) is 10.4. The van der Waals surface area contributed by atoms with E-state index in [1.54, 1.807) is 13.2 Å². The molecule has 1 aliphatic carbocycles. The van der Waals surface area contributed by atoms with E-state index in [4.69, 9.17) is 9.47 Å². The summed E-state index contributed by atoms with van der Waals surface area (Å²) in [6.45, 7) is 0. The van der Waals surface area contributed by atoms with Gasteiger partial charge in [-0.1, -0.05) is 12.8 Å². The van der Waals surface area contributed by atoms with Gasteiger partial charge >= 0.3 is 5.97 Å². The third-order valence-corrected chi connectivity index (χ3v) is 3.45. The molecule has 0 bridgehead atoms. The summed E-state index contributed by atoms with van der Waals surface area (Å²) < 4.78 is 10.1. The Bertz CT molecular complexity index is 406. The number of hydrogen-bond donors (Lipinski definition) is 0. The van der Waals surface area contributed by atoms with E-state index in [1.165, 1.54) is 32.8 Å². The minimum Gasteiger partial charge on any atom is -0.496 e. The van der Waals surface area contributed by atoms with Gasteiger partial charge in [0.05, 0.1) is 19.8 Å². The van der Waals surface area contributed by atoms with Crippen molar-refractivity contribution in [3.05, 3.63) is 29.3 Å². The van der Waals surface area contributed by atoms with E-state index >= 15 is 0 Å². The van der Waals surface area contributed by atoms with Gasteiger partial charge in [-0.25, -0.2) is 4.79 Å². The average Bonchev–Trinajstić information content (AvgIpc) is 2.90. The van der Waals surface area contributed by atoms with Crippen molar-refractivity contribution < 1.29 is 14.3 Å². The van der Waals surface area contributed by atoms with Gasteiger partial charge in [-0.2, -0.15) is 0 Å². The van der Waals surface area contributed by atoms with Gasteiger partial charge in [0, 0.05) is 0 Å². The number of benzene rings is 1. The summed E-state index contributed by atoms with van der Waals surface area (Å²) in [6.07, 6.45) is 4.88. The molecule has 0 spiro atoms. The fraction of sp³-hybridized carbons (Fsp3) is 0.500. The van der Waals surface area contributed by atoms with Gasteiger partial charge < -0.3 is 9.47 Å². The molecule has 0 heterocycles. The second kappa shape index (κ2) is 5.21. The summed E-state index contributed by atoms with van der Waals surface area (Å²) in [5.41, 5.74) is 1.75. The molecular weight excluding hydrogens is 216 g/mol. The maximum absolute atomic E-state index is 11.5. The molecule has 0 atom stereocenters. The fourth-order valence-electron chi connectivity index (χ4n) is 2.54. The Morgan fingerprint density at radius 1 is 1.24 bits per heavy atom. The molecule has 0 unspecified atom stereocenters. The summed E-state index contributed by atoms with van der Waals surface area (Å²) in [5.74, 6) is 1.12. The maximum atomic E-state index is 11.5. The lowest BCUT2D eigenvalue weighted by Gasteiger charge is -2.15. The number of rotatable bonds is 3. The van der Waals surface area contributed by atoms with E-state index < -0.39 is 0 Å². The molecule has 0 amide bonds. The Hall–Kier alpha value is -1.51. The van der Waals surface area contributed by atoms with Crippen LogP contribution in [0.25, 0.3) is 0 Å². The lowest BCUT2D eigenvalue weighted by atomic mass is 9.95. The van der Waals surface area contributed by atoms with Gasteiger partial charge in [0.25, 0.3) is 0 Å². The molecule has 3 heteroatoms. The van der Waals surface area contributed by atoms with Crippen molar-refractivity contribution in [2.45, 2.75) is 31.6 Å². The lowest BCUT2D eigenvalue weighted by Crippen LogP contribution is -2.04. The molecule has 3 nitrogen and oxygen atoms in total. The summed E-state index contributed by atoms with van der Waals surface area (Å²) in [7, 11) is 3.08. The van der Waals surface area contributed by atoms with Crippen LogP contribution in [-0.2, 0) is 4.74 Å². The zero-order valence-corrected chi connectivity index (χ0v) is 10.4. The van der Waals surface area contributed by atoms with Gasteiger partial charge in [-0.15, -0.1) is 0 Å². The monoisotopic (exact) mass is 234 g/mol. The van der Waals surface area contributed by atoms with E-state index in [0.29, 0.717) is 11.5 Å². The second-order valence-electron chi connectivity index (χ2n) is 4.43. The maximum Gasteiger partial charge on any atom is 0.337 e. The number of methoxy groups -OCH3 is 2. The molecule has 0 radical (unpaired) electrons. The van der Waals surface area contributed by atoms with Gasteiger partial charge in [0.2, 0.25) is 0 Å². The van der Waals surface area contributed by atoms with Crippen LogP contribution in [0.1, 0.15) is 47.5 Å². The van der Waals surface area contributed by atoms with Crippen LogP contribution in [0, 0.1) is 0 Å². The Balaban J connectivity index is 2.35. The number of hydrogen-bond acceptors (Lipinski definition) is 3. The lowest BCUT2D eigenvalue weighted by molar-refractivity contribution is 0.0600. The number of carbonyl (C=O) groups excluding carboxylic acids is 1. The van der Waals surface area contributed by atoms with Crippen molar-refractivity contribution in [3.8, 4) is 5.75 Å². The Kier molecular flexibility index (Phi) is 3.67. The van der Waals surface area contributed by atoms with Crippen LogP contribution in [0.4, 0.5) is 0 Å². The van der Waals surface area contributed by atoms with Crippen LogP contribution >= 0.6 is 0 Å². The normalized spacial score (nSPS) is 15.9. The number of ether oxygens (including phenoxy) is 2. The van der Waals surface area contributed by atoms with Gasteiger partial charge in [-0.05, 0) is 42.5 Å². The molecule has 92 valence electrons. The molecule has 1 fully saturated rings. The summed E-state index contributed by atoms with van der Waals surface area (Å²) in [4.78, 5) is 11.5. The van der Waals surface area contributed by atoms with Crippen molar-refractivity contribution in [2.75, 3.05) is 14.2 Å². The third kappa shape index (κ3) is 2.43. The smallest absolute Gasteiger partial charge is 0.337 e. The first kappa shape index (κ1) is 12.0. The van der Waals surface area contributed by atoms with Gasteiger partial charge in [0.1, 0.15) is 5.75 Å². The Morgan fingerprint density at radius 2 is 1.94 bits per heavy atom. The molecule has 1 aromatic rings. The van der Waals surface area contributed by atoms with Crippen LogP contribution in [0.2, 0.25) is 0 Å².